The molecule has 78 valence electrons. The van der Waals surface area contributed by atoms with Gasteiger partial charge in [-0.25, -0.2) is 0 Å². The van der Waals surface area contributed by atoms with Crippen LogP contribution in [0.1, 0.15) is 5.56 Å². The Bertz CT molecular complexity index is 532. The molecule has 0 bridgehead atoms. The summed E-state index contributed by atoms with van der Waals surface area (Å²) in [5.41, 5.74) is 2.66. The zero-order valence-corrected chi connectivity index (χ0v) is 9.15. The molecule has 16 heavy (non-hydrogen) atoms. The number of aromatic nitrogens is 2. The summed E-state index contributed by atoms with van der Waals surface area (Å²) in [6.45, 7) is 0. The van der Waals surface area contributed by atoms with Crippen molar-refractivity contribution in [1.82, 2.24) is 9.97 Å². The van der Waals surface area contributed by atoms with Crippen LogP contribution in [0.4, 0.5) is 0 Å². The number of hydrogen-bond donors (Lipinski definition) is 0. The monoisotopic (exact) mass is 229 g/mol. The van der Waals surface area contributed by atoms with Crippen molar-refractivity contribution in [2.75, 3.05) is 0 Å². The molecule has 0 radical (unpaired) electrons. The summed E-state index contributed by atoms with van der Waals surface area (Å²) in [5.74, 6) is 0. The first-order valence-corrected chi connectivity index (χ1v) is 5.10. The summed E-state index contributed by atoms with van der Waals surface area (Å²) < 4.78 is 0. The van der Waals surface area contributed by atoms with E-state index in [0.717, 1.165) is 16.7 Å². The highest BCUT2D eigenvalue weighted by molar-refractivity contribution is 6.31. The highest BCUT2D eigenvalue weighted by Gasteiger charge is 2.08. The second-order valence-corrected chi connectivity index (χ2v) is 3.63. The summed E-state index contributed by atoms with van der Waals surface area (Å²) in [5, 5.41) is 9.30. The number of rotatable bonds is 2. The van der Waals surface area contributed by atoms with E-state index in [1.165, 1.54) is 0 Å². The molecule has 0 aliphatic carbocycles. The van der Waals surface area contributed by atoms with Gasteiger partial charge in [0.2, 0.25) is 0 Å². The minimum absolute atomic E-state index is 0.277. The topological polar surface area (TPSA) is 49.6 Å². The lowest BCUT2D eigenvalue weighted by atomic mass is 10.0. The lowest BCUT2D eigenvalue weighted by Gasteiger charge is -2.07. The van der Waals surface area contributed by atoms with Crippen molar-refractivity contribution in [3.05, 3.63) is 47.5 Å². The van der Waals surface area contributed by atoms with Gasteiger partial charge < -0.3 is 0 Å². The highest BCUT2D eigenvalue weighted by Crippen LogP contribution is 2.27. The SMILES string of the molecule is N#CCc1c(Cl)cncc1-c1ccncc1. The van der Waals surface area contributed by atoms with E-state index in [1.807, 2.05) is 12.1 Å². The van der Waals surface area contributed by atoms with Gasteiger partial charge in [0.25, 0.3) is 0 Å². The van der Waals surface area contributed by atoms with Gasteiger partial charge >= 0.3 is 0 Å². The Morgan fingerprint density at radius 3 is 2.62 bits per heavy atom. The van der Waals surface area contributed by atoms with Crippen LogP contribution in [0.25, 0.3) is 11.1 Å². The normalized spacial score (nSPS) is 9.75. The van der Waals surface area contributed by atoms with Crippen LogP contribution >= 0.6 is 11.6 Å². The maximum Gasteiger partial charge on any atom is 0.0670 e. The number of nitriles is 1. The average Bonchev–Trinajstić information content (AvgIpc) is 2.33. The lowest BCUT2D eigenvalue weighted by molar-refractivity contribution is 1.21. The van der Waals surface area contributed by atoms with Crippen LogP contribution in [0.5, 0.6) is 0 Å². The third-order valence-corrected chi connectivity index (χ3v) is 2.58. The summed E-state index contributed by atoms with van der Waals surface area (Å²) in [7, 11) is 0. The second-order valence-electron chi connectivity index (χ2n) is 3.22. The molecule has 0 saturated carbocycles. The zero-order chi connectivity index (χ0) is 11.4. The van der Waals surface area contributed by atoms with Crippen molar-refractivity contribution in [2.24, 2.45) is 0 Å². The van der Waals surface area contributed by atoms with E-state index >= 15 is 0 Å². The van der Waals surface area contributed by atoms with E-state index in [1.54, 1.807) is 24.8 Å². The average molecular weight is 230 g/mol. The lowest BCUT2D eigenvalue weighted by Crippen LogP contribution is -1.92. The van der Waals surface area contributed by atoms with E-state index in [4.69, 9.17) is 16.9 Å². The maximum atomic E-state index is 8.77. The third-order valence-electron chi connectivity index (χ3n) is 2.25. The van der Waals surface area contributed by atoms with Crippen molar-refractivity contribution in [2.45, 2.75) is 6.42 Å². The van der Waals surface area contributed by atoms with Crippen LogP contribution < -0.4 is 0 Å². The third kappa shape index (κ3) is 2.02. The van der Waals surface area contributed by atoms with Gasteiger partial charge in [-0.15, -0.1) is 0 Å². The first kappa shape index (κ1) is 10.6. The van der Waals surface area contributed by atoms with Gasteiger partial charge in [0, 0.05) is 30.4 Å². The Hall–Kier alpha value is -1.92. The Labute approximate surface area is 98.4 Å². The predicted octanol–water partition coefficient (Wildman–Crippen LogP) is 2.86. The fourth-order valence-electron chi connectivity index (χ4n) is 1.50. The van der Waals surface area contributed by atoms with Gasteiger partial charge in [-0.05, 0) is 23.3 Å². The molecule has 0 unspecified atom stereocenters. The van der Waals surface area contributed by atoms with Crippen LogP contribution in [-0.2, 0) is 6.42 Å². The molecule has 0 saturated heterocycles. The van der Waals surface area contributed by atoms with E-state index in [9.17, 15) is 0 Å². The van der Waals surface area contributed by atoms with Crippen LogP contribution in [-0.4, -0.2) is 9.97 Å². The quantitative estimate of drug-likeness (QED) is 0.796. The Morgan fingerprint density at radius 2 is 1.94 bits per heavy atom. The largest absolute Gasteiger partial charge is 0.265 e. The van der Waals surface area contributed by atoms with E-state index in [-0.39, 0.29) is 6.42 Å². The molecule has 4 heteroatoms. The Balaban J connectivity index is 2.57. The van der Waals surface area contributed by atoms with E-state index < -0.39 is 0 Å². The number of halogens is 1. The van der Waals surface area contributed by atoms with Gasteiger partial charge in [-0.1, -0.05) is 11.6 Å². The van der Waals surface area contributed by atoms with Gasteiger partial charge in [0.15, 0.2) is 0 Å². The van der Waals surface area contributed by atoms with Gasteiger partial charge in [-0.2, -0.15) is 5.26 Å². The fourth-order valence-corrected chi connectivity index (χ4v) is 1.73. The highest BCUT2D eigenvalue weighted by atomic mass is 35.5. The van der Waals surface area contributed by atoms with Crippen LogP contribution in [0.2, 0.25) is 5.02 Å². The van der Waals surface area contributed by atoms with Crippen LogP contribution in [0.15, 0.2) is 36.9 Å². The van der Waals surface area contributed by atoms with Gasteiger partial charge in [0.1, 0.15) is 0 Å². The number of pyridine rings is 2. The van der Waals surface area contributed by atoms with Crippen molar-refractivity contribution in [3.63, 3.8) is 0 Å². The molecular formula is C12H8ClN3. The molecule has 2 heterocycles. The predicted molar refractivity (Wildman–Crippen MR) is 61.8 cm³/mol. The first-order valence-electron chi connectivity index (χ1n) is 4.72. The number of nitrogens with zero attached hydrogens (tertiary/aromatic N) is 3. The Morgan fingerprint density at radius 1 is 1.19 bits per heavy atom. The van der Waals surface area contributed by atoms with E-state index in [2.05, 4.69) is 16.0 Å². The molecule has 0 atom stereocenters. The molecule has 2 rings (SSSR count). The maximum absolute atomic E-state index is 8.77. The first-order chi connectivity index (χ1) is 7.83. The standard InChI is InChI=1S/C12H8ClN3/c13-12-8-16-7-11(10(12)1-4-14)9-2-5-15-6-3-9/h2-3,5-8H,1H2. The smallest absolute Gasteiger partial charge is 0.0670 e. The molecule has 0 aliphatic rings. The molecule has 0 amide bonds. The van der Waals surface area contributed by atoms with E-state index in [0.29, 0.717) is 5.02 Å². The summed E-state index contributed by atoms with van der Waals surface area (Å²) >= 11 is 6.03. The second kappa shape index (κ2) is 4.73. The summed E-state index contributed by atoms with van der Waals surface area (Å²) in [4.78, 5) is 7.99. The van der Waals surface area contributed by atoms with Crippen LogP contribution in [0.3, 0.4) is 0 Å². The van der Waals surface area contributed by atoms with Crippen molar-refractivity contribution >= 4 is 11.6 Å². The van der Waals surface area contributed by atoms with Crippen molar-refractivity contribution in [1.29, 1.82) is 5.26 Å². The Kier molecular flexibility index (Phi) is 3.13. The van der Waals surface area contributed by atoms with Gasteiger partial charge in [0.05, 0.1) is 17.5 Å². The molecule has 0 aromatic carbocycles. The fraction of sp³-hybridized carbons (Fsp3) is 0.0833. The van der Waals surface area contributed by atoms with Crippen LogP contribution in [0, 0.1) is 11.3 Å². The molecule has 0 N–H and O–H groups in total. The molecule has 2 aromatic rings. The molecule has 0 fully saturated rings. The summed E-state index contributed by atoms with van der Waals surface area (Å²) in [6, 6.07) is 5.85. The number of hydrogen-bond acceptors (Lipinski definition) is 3. The zero-order valence-electron chi connectivity index (χ0n) is 8.39. The molecular weight excluding hydrogens is 222 g/mol. The summed E-state index contributed by atoms with van der Waals surface area (Å²) in [6.07, 6.45) is 6.95. The molecule has 2 aromatic heterocycles. The molecule has 3 nitrogen and oxygen atoms in total. The molecule has 0 spiro atoms. The van der Waals surface area contributed by atoms with Crippen molar-refractivity contribution < 1.29 is 0 Å². The van der Waals surface area contributed by atoms with Gasteiger partial charge in [-0.3, -0.25) is 9.97 Å². The molecule has 0 aliphatic heterocycles. The minimum Gasteiger partial charge on any atom is -0.265 e. The minimum atomic E-state index is 0.277. The van der Waals surface area contributed by atoms with Crippen molar-refractivity contribution in [3.8, 4) is 17.2 Å².